The van der Waals surface area contributed by atoms with Gasteiger partial charge in [0.2, 0.25) is 10.0 Å². The van der Waals surface area contributed by atoms with Crippen LogP contribution in [-0.4, -0.2) is 33.3 Å². The summed E-state index contributed by atoms with van der Waals surface area (Å²) in [5, 5.41) is 3.12. The number of nitrogens with one attached hydrogen (secondary N) is 2. The summed E-state index contributed by atoms with van der Waals surface area (Å²) in [5.74, 6) is 0.553. The van der Waals surface area contributed by atoms with Gasteiger partial charge in [-0.1, -0.05) is 27.7 Å². The molecule has 0 aromatic heterocycles. The number of hydrogen-bond acceptors (Lipinski definition) is 3. The first kappa shape index (κ1) is 15.9. The molecule has 16 heavy (non-hydrogen) atoms. The van der Waals surface area contributed by atoms with Crippen molar-refractivity contribution in [2.75, 3.05) is 18.8 Å². The predicted molar refractivity (Wildman–Crippen MR) is 69.0 cm³/mol. The molecule has 0 fully saturated rings. The first-order chi connectivity index (χ1) is 7.43. The van der Waals surface area contributed by atoms with E-state index in [4.69, 9.17) is 0 Å². The molecule has 5 heteroatoms. The zero-order valence-electron chi connectivity index (χ0n) is 10.9. The highest BCUT2D eigenvalue weighted by Gasteiger charge is 2.18. The largest absolute Gasteiger partial charge is 0.317 e. The van der Waals surface area contributed by atoms with Crippen LogP contribution in [0.2, 0.25) is 0 Å². The fraction of sp³-hybridized carbons (Fsp3) is 1.00. The van der Waals surface area contributed by atoms with Crippen LogP contribution in [0, 0.1) is 5.92 Å². The van der Waals surface area contributed by atoms with Gasteiger partial charge >= 0.3 is 0 Å². The summed E-state index contributed by atoms with van der Waals surface area (Å²) >= 11 is 0. The minimum Gasteiger partial charge on any atom is -0.317 e. The van der Waals surface area contributed by atoms with Crippen LogP contribution in [0.3, 0.4) is 0 Å². The summed E-state index contributed by atoms with van der Waals surface area (Å²) in [6.45, 7) is 9.74. The highest BCUT2D eigenvalue weighted by Crippen LogP contribution is 2.07. The third-order valence-corrected chi connectivity index (χ3v) is 4.08. The molecule has 0 aliphatic carbocycles. The minimum absolute atomic E-state index is 0.0594. The lowest BCUT2D eigenvalue weighted by Gasteiger charge is -2.20. The van der Waals surface area contributed by atoms with Gasteiger partial charge in [-0.05, 0) is 31.8 Å². The molecule has 0 aromatic rings. The summed E-state index contributed by atoms with van der Waals surface area (Å²) in [4.78, 5) is 0. The van der Waals surface area contributed by atoms with E-state index < -0.39 is 10.0 Å². The van der Waals surface area contributed by atoms with E-state index in [0.29, 0.717) is 12.3 Å². The Morgan fingerprint density at radius 2 is 1.81 bits per heavy atom. The van der Waals surface area contributed by atoms with E-state index in [-0.39, 0.29) is 11.8 Å². The van der Waals surface area contributed by atoms with Crippen molar-refractivity contribution in [1.29, 1.82) is 0 Å². The van der Waals surface area contributed by atoms with E-state index in [9.17, 15) is 8.42 Å². The molecule has 0 bridgehead atoms. The van der Waals surface area contributed by atoms with Crippen LogP contribution < -0.4 is 10.0 Å². The molecule has 0 heterocycles. The van der Waals surface area contributed by atoms with Gasteiger partial charge in [0.05, 0.1) is 5.75 Å². The van der Waals surface area contributed by atoms with Gasteiger partial charge in [0.15, 0.2) is 0 Å². The Balaban J connectivity index is 4.03. The molecule has 0 aliphatic heterocycles. The minimum atomic E-state index is -3.11. The Morgan fingerprint density at radius 1 is 1.19 bits per heavy atom. The standard InChI is InChI=1S/C11H26N2O2S/c1-5-11(10(3)4)13-16(14,15)9-7-8-12-6-2/h10-13H,5-9H2,1-4H3. The molecular formula is C11H26N2O2S. The van der Waals surface area contributed by atoms with E-state index in [2.05, 4.69) is 10.0 Å². The van der Waals surface area contributed by atoms with Crippen LogP contribution in [-0.2, 0) is 10.0 Å². The third kappa shape index (κ3) is 7.19. The van der Waals surface area contributed by atoms with Crippen molar-refractivity contribution in [2.24, 2.45) is 5.92 Å². The summed E-state index contributed by atoms with van der Waals surface area (Å²) in [7, 11) is -3.11. The van der Waals surface area contributed by atoms with Crippen LogP contribution in [0.4, 0.5) is 0 Å². The molecule has 1 unspecified atom stereocenters. The highest BCUT2D eigenvalue weighted by molar-refractivity contribution is 7.89. The molecule has 0 aliphatic rings. The molecule has 0 amide bonds. The molecule has 0 aromatic carbocycles. The second kappa shape index (κ2) is 8.03. The Kier molecular flexibility index (Phi) is 7.97. The molecule has 0 saturated heterocycles. The SMILES string of the molecule is CCNCCCS(=O)(=O)NC(CC)C(C)C. The number of hydrogen-bond donors (Lipinski definition) is 2. The maximum absolute atomic E-state index is 11.7. The molecule has 4 nitrogen and oxygen atoms in total. The maximum Gasteiger partial charge on any atom is 0.211 e. The van der Waals surface area contributed by atoms with E-state index in [1.165, 1.54) is 0 Å². The number of sulfonamides is 1. The smallest absolute Gasteiger partial charge is 0.211 e. The summed E-state index contributed by atoms with van der Waals surface area (Å²) in [6, 6.07) is 0.0594. The van der Waals surface area contributed by atoms with Gasteiger partial charge in [0, 0.05) is 6.04 Å². The summed E-state index contributed by atoms with van der Waals surface area (Å²) in [5.41, 5.74) is 0. The van der Waals surface area contributed by atoms with Crippen molar-refractivity contribution in [3.8, 4) is 0 Å². The normalized spacial score (nSPS) is 14.3. The van der Waals surface area contributed by atoms with Gasteiger partial charge in [-0.25, -0.2) is 13.1 Å². The van der Waals surface area contributed by atoms with E-state index in [1.54, 1.807) is 0 Å². The average Bonchev–Trinajstić information content (AvgIpc) is 2.21. The fourth-order valence-corrected chi connectivity index (χ4v) is 3.09. The van der Waals surface area contributed by atoms with Crippen molar-refractivity contribution >= 4 is 10.0 Å². The van der Waals surface area contributed by atoms with Crippen molar-refractivity contribution < 1.29 is 8.42 Å². The maximum atomic E-state index is 11.7. The lowest BCUT2D eigenvalue weighted by molar-refractivity contribution is 0.437. The van der Waals surface area contributed by atoms with Gasteiger partial charge in [-0.3, -0.25) is 0 Å². The molecular weight excluding hydrogens is 224 g/mol. The van der Waals surface area contributed by atoms with E-state index in [1.807, 2.05) is 27.7 Å². The van der Waals surface area contributed by atoms with Crippen LogP contribution in [0.15, 0.2) is 0 Å². The van der Waals surface area contributed by atoms with Crippen molar-refractivity contribution in [3.05, 3.63) is 0 Å². The van der Waals surface area contributed by atoms with Gasteiger partial charge in [-0.15, -0.1) is 0 Å². The molecule has 0 rings (SSSR count). The monoisotopic (exact) mass is 250 g/mol. The number of rotatable bonds is 9. The lowest BCUT2D eigenvalue weighted by atomic mass is 10.0. The Labute approximate surface area is 100 Å². The van der Waals surface area contributed by atoms with Crippen molar-refractivity contribution in [2.45, 2.75) is 46.6 Å². The first-order valence-corrected chi connectivity index (χ1v) is 7.78. The average molecular weight is 250 g/mol. The highest BCUT2D eigenvalue weighted by atomic mass is 32.2. The Hall–Kier alpha value is -0.130. The van der Waals surface area contributed by atoms with Crippen LogP contribution in [0.1, 0.15) is 40.5 Å². The zero-order chi connectivity index (χ0) is 12.6. The van der Waals surface area contributed by atoms with Crippen LogP contribution in [0.5, 0.6) is 0 Å². The summed E-state index contributed by atoms with van der Waals surface area (Å²) in [6.07, 6.45) is 1.50. The van der Waals surface area contributed by atoms with Crippen molar-refractivity contribution in [3.63, 3.8) is 0 Å². The lowest BCUT2D eigenvalue weighted by Crippen LogP contribution is -2.39. The van der Waals surface area contributed by atoms with Crippen molar-refractivity contribution in [1.82, 2.24) is 10.0 Å². The molecule has 98 valence electrons. The molecule has 1 atom stereocenters. The molecule has 2 N–H and O–H groups in total. The third-order valence-electron chi connectivity index (χ3n) is 2.59. The second-order valence-corrected chi connectivity index (χ2v) is 6.28. The van der Waals surface area contributed by atoms with Crippen LogP contribution >= 0.6 is 0 Å². The van der Waals surface area contributed by atoms with Gasteiger partial charge in [0.25, 0.3) is 0 Å². The van der Waals surface area contributed by atoms with Gasteiger partial charge in [0.1, 0.15) is 0 Å². The Morgan fingerprint density at radius 3 is 2.25 bits per heavy atom. The fourth-order valence-electron chi connectivity index (χ4n) is 1.54. The topological polar surface area (TPSA) is 58.2 Å². The zero-order valence-corrected chi connectivity index (χ0v) is 11.7. The van der Waals surface area contributed by atoms with E-state index >= 15 is 0 Å². The molecule has 0 spiro atoms. The Bertz CT molecular complexity index is 263. The first-order valence-electron chi connectivity index (χ1n) is 6.13. The van der Waals surface area contributed by atoms with Gasteiger partial charge in [-0.2, -0.15) is 0 Å². The van der Waals surface area contributed by atoms with Gasteiger partial charge < -0.3 is 5.32 Å². The molecule has 0 radical (unpaired) electrons. The predicted octanol–water partition coefficient (Wildman–Crippen LogP) is 1.34. The van der Waals surface area contributed by atoms with Crippen LogP contribution in [0.25, 0.3) is 0 Å². The van der Waals surface area contributed by atoms with E-state index in [0.717, 1.165) is 19.5 Å². The molecule has 0 saturated carbocycles. The second-order valence-electron chi connectivity index (χ2n) is 4.40. The quantitative estimate of drug-likeness (QED) is 0.607. The summed E-state index contributed by atoms with van der Waals surface area (Å²) < 4.78 is 26.2.